The predicted octanol–water partition coefficient (Wildman–Crippen LogP) is 9.84. The molecule has 0 unspecified atom stereocenters. The molecule has 0 bridgehead atoms. The Morgan fingerprint density at radius 3 is 1.04 bits per heavy atom. The third-order valence-corrected chi connectivity index (χ3v) is 13.3. The Kier molecular flexibility index (Phi) is 32.1. The molecule has 21 heteroatoms. The largest absolute Gasteiger partial charge is 0.369 e. The van der Waals surface area contributed by atoms with E-state index in [2.05, 4.69) is 109 Å². The van der Waals surface area contributed by atoms with Gasteiger partial charge in [0.1, 0.15) is 17.1 Å². The molecule has 3 rings (SSSR count). The third-order valence-electron chi connectivity index (χ3n) is 9.44. The number of nitrogens with one attached hydrogen (secondary N) is 3. The fraction of sp³-hybridized carbons (Fsp3) is 0.830. The van der Waals surface area contributed by atoms with Crippen molar-refractivity contribution in [3.05, 3.63) is 35.7 Å². The maximum absolute atomic E-state index is 11.8. The molecule has 0 radical (unpaired) electrons. The first-order chi connectivity index (χ1) is 34.2. The van der Waals surface area contributed by atoms with Gasteiger partial charge in [0.15, 0.2) is 0 Å². The summed E-state index contributed by atoms with van der Waals surface area (Å²) in [7, 11) is 0. The van der Waals surface area contributed by atoms with Crippen LogP contribution in [-0.2, 0) is 68.0 Å². The highest BCUT2D eigenvalue weighted by atomic mass is 32.2. The van der Waals surface area contributed by atoms with Crippen LogP contribution in [0.5, 0.6) is 0 Å². The van der Waals surface area contributed by atoms with Gasteiger partial charge in [0, 0.05) is 84.3 Å². The second kappa shape index (κ2) is 34.5. The van der Waals surface area contributed by atoms with E-state index in [0.29, 0.717) is 56.9 Å². The van der Waals surface area contributed by atoms with Gasteiger partial charge in [0.25, 0.3) is 0 Å². The highest BCUT2D eigenvalue weighted by Gasteiger charge is 2.16. The molecule has 0 aliphatic rings. The highest BCUT2D eigenvalue weighted by molar-refractivity contribution is 8.01. The molecular formula is C53H100N12O6S3. The molecule has 0 aliphatic carbocycles. The van der Waals surface area contributed by atoms with Gasteiger partial charge in [-0.15, -0.1) is 15.3 Å². The fourth-order valence-corrected chi connectivity index (χ4v) is 8.35. The Morgan fingerprint density at radius 1 is 0.419 bits per heavy atom. The number of unbranched alkanes of at least 4 members (excludes halogenated alkanes) is 1. The summed E-state index contributed by atoms with van der Waals surface area (Å²) in [5, 5.41) is 33.4. The molecule has 426 valence electrons. The van der Waals surface area contributed by atoms with E-state index in [0.717, 1.165) is 92.6 Å². The number of carbonyl (C=O) groups is 3. The summed E-state index contributed by atoms with van der Waals surface area (Å²) in [5.74, 6) is 3.30. The number of hydrogen-bond acceptors (Lipinski definition) is 15. The SMILES string of the molecule is CC(C)(C)OCc1cn(CCCC(=O)NCCCSC(C)(C)C)nn1.CC(C)(C)OCc1cn(CCCC(=O)NCCSC(C)(C)C)nn1.CC(C)(C)OCc1cn(CCCCC(=O)NCCSC(C)(C)C)nn1. The lowest BCUT2D eigenvalue weighted by Crippen LogP contribution is -2.26. The van der Waals surface area contributed by atoms with E-state index in [4.69, 9.17) is 14.2 Å². The molecule has 0 atom stereocenters. The molecule has 0 aliphatic heterocycles. The van der Waals surface area contributed by atoms with Crippen molar-refractivity contribution >= 4 is 53.0 Å². The first kappa shape index (κ1) is 68.8. The van der Waals surface area contributed by atoms with E-state index in [1.165, 1.54) is 0 Å². The second-order valence-electron chi connectivity index (χ2n) is 24.1. The normalized spacial score (nSPS) is 12.4. The van der Waals surface area contributed by atoms with Gasteiger partial charge in [-0.25, -0.2) is 0 Å². The maximum atomic E-state index is 11.8. The number of aromatic nitrogens is 9. The number of carbonyl (C=O) groups excluding carboxylic acids is 3. The Morgan fingerprint density at radius 2 is 0.716 bits per heavy atom. The fourth-order valence-electron chi connectivity index (χ4n) is 5.81. The lowest BCUT2D eigenvalue weighted by Gasteiger charge is -2.18. The molecule has 0 saturated heterocycles. The van der Waals surface area contributed by atoms with Crippen molar-refractivity contribution in [2.75, 3.05) is 36.9 Å². The first-order valence-electron chi connectivity index (χ1n) is 26.5. The van der Waals surface area contributed by atoms with Crippen molar-refractivity contribution in [2.45, 2.75) is 246 Å². The lowest BCUT2D eigenvalue weighted by molar-refractivity contribution is -0.122. The summed E-state index contributed by atoms with van der Waals surface area (Å²) in [4.78, 5) is 35.4. The molecule has 3 amide bonds. The number of hydrogen-bond donors (Lipinski definition) is 3. The summed E-state index contributed by atoms with van der Waals surface area (Å²) in [5.41, 5.74) is 1.91. The Hall–Kier alpha value is -3.24. The van der Waals surface area contributed by atoms with Gasteiger partial charge in [0.2, 0.25) is 17.7 Å². The van der Waals surface area contributed by atoms with Crippen LogP contribution < -0.4 is 16.0 Å². The molecule has 3 heterocycles. The molecular weight excluding hydrogens is 997 g/mol. The molecule has 18 nitrogen and oxygen atoms in total. The van der Waals surface area contributed by atoms with Crippen LogP contribution in [0.25, 0.3) is 0 Å². The topological polar surface area (TPSA) is 207 Å². The first-order valence-corrected chi connectivity index (χ1v) is 29.4. The standard InChI is InChI=1S/2C18H34N4O2S.C17H32N4O2S/c1-17(2,3)24-14-15-13-22(21-20-15)11-7-9-16(23)19-10-8-12-25-18(4,5)6;1-17(2,3)24-14-15-13-22(21-20-15)11-8-7-9-16(23)19-10-12-25-18(4,5)6;1-16(2,3)23-13-14-12-21(20-19-14)10-7-8-15(22)18-9-11-24-17(4,5)6/h2*13H,7-12,14H2,1-6H3,(H,19,23);12H,7-11,13H2,1-6H3,(H,18,22). The van der Waals surface area contributed by atoms with Crippen LogP contribution in [0.1, 0.15) is 193 Å². The Bertz CT molecular complexity index is 1980. The summed E-state index contributed by atoms with van der Waals surface area (Å²) < 4.78 is 23.2. The number of amides is 3. The van der Waals surface area contributed by atoms with Gasteiger partial charge in [0.05, 0.1) is 55.2 Å². The summed E-state index contributed by atoms with van der Waals surface area (Å²) >= 11 is 5.65. The highest BCUT2D eigenvalue weighted by Crippen LogP contribution is 2.24. The number of aryl methyl sites for hydroxylation is 3. The van der Waals surface area contributed by atoms with Gasteiger partial charge in [-0.3, -0.25) is 28.4 Å². The summed E-state index contributed by atoms with van der Waals surface area (Å²) in [6.07, 6.45) is 11.5. The third kappa shape index (κ3) is 42.9. The van der Waals surface area contributed by atoms with Gasteiger partial charge < -0.3 is 30.2 Å². The average molecular weight is 1100 g/mol. The van der Waals surface area contributed by atoms with E-state index in [-0.39, 0.29) is 44.0 Å². The molecule has 3 N–H and O–H groups in total. The van der Waals surface area contributed by atoms with E-state index in [1.54, 1.807) is 9.36 Å². The van der Waals surface area contributed by atoms with Crippen molar-refractivity contribution < 1.29 is 28.6 Å². The number of rotatable bonds is 29. The van der Waals surface area contributed by atoms with Gasteiger partial charge >= 0.3 is 0 Å². The summed E-state index contributed by atoms with van der Waals surface area (Å²) in [6.45, 7) is 43.6. The lowest BCUT2D eigenvalue weighted by atomic mass is 10.2. The van der Waals surface area contributed by atoms with Crippen LogP contribution in [-0.4, -0.2) is 131 Å². The average Bonchev–Trinajstić information content (AvgIpc) is 4.04. The number of thioether (sulfide) groups is 3. The smallest absolute Gasteiger partial charge is 0.220 e. The molecule has 0 fully saturated rings. The molecule has 0 aromatic carbocycles. The van der Waals surface area contributed by atoms with E-state index < -0.39 is 0 Å². The maximum Gasteiger partial charge on any atom is 0.220 e. The quantitative estimate of drug-likeness (QED) is 0.0553. The zero-order valence-electron chi connectivity index (χ0n) is 49.1. The molecule has 0 spiro atoms. The molecule has 74 heavy (non-hydrogen) atoms. The minimum absolute atomic E-state index is 0.0981. The van der Waals surface area contributed by atoms with E-state index in [9.17, 15) is 14.4 Å². The van der Waals surface area contributed by atoms with Crippen LogP contribution in [0.4, 0.5) is 0 Å². The van der Waals surface area contributed by atoms with Crippen molar-refractivity contribution in [1.29, 1.82) is 0 Å². The number of ether oxygens (including phenoxy) is 3. The predicted molar refractivity (Wildman–Crippen MR) is 306 cm³/mol. The molecule has 3 aromatic rings. The van der Waals surface area contributed by atoms with Crippen LogP contribution in [0.3, 0.4) is 0 Å². The molecule has 0 saturated carbocycles. The minimum atomic E-state index is -0.187. The zero-order valence-corrected chi connectivity index (χ0v) is 51.5. The van der Waals surface area contributed by atoms with Crippen LogP contribution in [0.15, 0.2) is 18.6 Å². The Labute approximate surface area is 459 Å². The zero-order chi connectivity index (χ0) is 56.1. The Balaban J connectivity index is 0.000000555. The monoisotopic (exact) mass is 1100 g/mol. The van der Waals surface area contributed by atoms with Gasteiger partial charge in [-0.05, 0) is 100 Å². The minimum Gasteiger partial charge on any atom is -0.369 e. The van der Waals surface area contributed by atoms with Crippen molar-refractivity contribution in [3.63, 3.8) is 0 Å². The van der Waals surface area contributed by atoms with E-state index >= 15 is 0 Å². The van der Waals surface area contributed by atoms with Gasteiger partial charge in [-0.2, -0.15) is 35.3 Å². The van der Waals surface area contributed by atoms with Crippen molar-refractivity contribution in [3.8, 4) is 0 Å². The van der Waals surface area contributed by atoms with Crippen LogP contribution >= 0.6 is 35.3 Å². The molecule has 3 aromatic heterocycles. The summed E-state index contributed by atoms with van der Waals surface area (Å²) in [6, 6.07) is 0. The second-order valence-corrected chi connectivity index (χ2v) is 29.8. The van der Waals surface area contributed by atoms with Crippen LogP contribution in [0.2, 0.25) is 0 Å². The van der Waals surface area contributed by atoms with Crippen molar-refractivity contribution in [2.24, 2.45) is 0 Å². The van der Waals surface area contributed by atoms with Crippen molar-refractivity contribution in [1.82, 2.24) is 60.9 Å². The van der Waals surface area contributed by atoms with E-state index in [1.807, 2.05) is 121 Å². The number of nitrogens with zero attached hydrogens (tertiary/aromatic N) is 9. The van der Waals surface area contributed by atoms with Gasteiger partial charge in [-0.1, -0.05) is 78.0 Å². The van der Waals surface area contributed by atoms with Crippen LogP contribution in [0, 0.1) is 0 Å².